The van der Waals surface area contributed by atoms with Crippen LogP contribution >= 0.6 is 0 Å². The number of esters is 2. The lowest BCUT2D eigenvalue weighted by atomic mass is 10.0. The Kier molecular flexibility index (Phi) is 29.6. The second kappa shape index (κ2) is 30.4. The molecule has 0 saturated heterocycles. The number of hydrogen-bond acceptors (Lipinski definition) is 5. The first-order chi connectivity index (χ1) is 18.6. The second-order valence-corrected chi connectivity index (χ2v) is 11.3. The van der Waals surface area contributed by atoms with Gasteiger partial charge in [-0.05, 0) is 12.8 Å². The molecule has 1 atom stereocenters. The maximum atomic E-state index is 12.0. The molecule has 0 aromatic carbocycles. The Morgan fingerprint density at radius 2 is 0.816 bits per heavy atom. The number of carbonyl (C=O) groups is 2. The van der Waals surface area contributed by atoms with E-state index in [2.05, 4.69) is 13.8 Å². The minimum Gasteiger partial charge on any atom is -0.462 e. The highest BCUT2D eigenvalue weighted by Crippen LogP contribution is 2.14. The van der Waals surface area contributed by atoms with Crippen LogP contribution in [0.25, 0.3) is 0 Å². The zero-order valence-corrected chi connectivity index (χ0v) is 25.5. The van der Waals surface area contributed by atoms with Crippen molar-refractivity contribution in [3.05, 3.63) is 0 Å². The van der Waals surface area contributed by atoms with E-state index in [4.69, 9.17) is 9.47 Å². The van der Waals surface area contributed by atoms with Gasteiger partial charge in [0.2, 0.25) is 0 Å². The fraction of sp³-hybridized carbons (Fsp3) is 0.939. The molecule has 0 radical (unpaired) electrons. The van der Waals surface area contributed by atoms with Crippen LogP contribution in [0.4, 0.5) is 0 Å². The molecule has 5 nitrogen and oxygen atoms in total. The molecule has 0 amide bonds. The standard InChI is InChI=1S/C33H64O5/c1-3-5-7-9-11-13-14-15-16-17-18-20-21-23-25-27-32(35)37-30-31(29-34)38-33(36)28-26-24-22-19-12-10-8-6-4-2/h31,34H,3-30H2,1-2H3/t31-/m0/s1. The lowest BCUT2D eigenvalue weighted by Crippen LogP contribution is -2.28. The van der Waals surface area contributed by atoms with Gasteiger partial charge in [-0.1, -0.05) is 155 Å². The van der Waals surface area contributed by atoms with Crippen molar-refractivity contribution in [1.29, 1.82) is 0 Å². The fourth-order valence-corrected chi connectivity index (χ4v) is 4.85. The van der Waals surface area contributed by atoms with Crippen molar-refractivity contribution < 1.29 is 24.2 Å². The first-order valence-electron chi connectivity index (χ1n) is 16.6. The number of aliphatic hydroxyl groups is 1. The van der Waals surface area contributed by atoms with Gasteiger partial charge in [0.15, 0.2) is 6.10 Å². The highest BCUT2D eigenvalue weighted by Gasteiger charge is 2.16. The molecular weight excluding hydrogens is 476 g/mol. The van der Waals surface area contributed by atoms with Crippen LogP contribution in [0.15, 0.2) is 0 Å². The fourth-order valence-electron chi connectivity index (χ4n) is 4.85. The van der Waals surface area contributed by atoms with E-state index >= 15 is 0 Å². The van der Waals surface area contributed by atoms with Crippen molar-refractivity contribution >= 4 is 11.9 Å². The molecular formula is C33H64O5. The molecule has 0 fully saturated rings. The third-order valence-corrected chi connectivity index (χ3v) is 7.40. The molecule has 0 saturated carbocycles. The maximum absolute atomic E-state index is 12.0. The molecule has 226 valence electrons. The Bertz CT molecular complexity index is 508. The molecule has 1 N–H and O–H groups in total. The van der Waals surface area contributed by atoms with Gasteiger partial charge in [-0.2, -0.15) is 0 Å². The van der Waals surface area contributed by atoms with Crippen LogP contribution in [0.1, 0.15) is 181 Å². The quantitative estimate of drug-likeness (QED) is 0.0725. The molecule has 5 heteroatoms. The summed E-state index contributed by atoms with van der Waals surface area (Å²) >= 11 is 0. The van der Waals surface area contributed by atoms with Gasteiger partial charge in [0, 0.05) is 12.8 Å². The van der Waals surface area contributed by atoms with Crippen LogP contribution in [-0.2, 0) is 19.1 Å². The van der Waals surface area contributed by atoms with Gasteiger partial charge in [-0.3, -0.25) is 9.59 Å². The van der Waals surface area contributed by atoms with Crippen LogP contribution in [-0.4, -0.2) is 36.4 Å². The molecule has 0 rings (SSSR count). The number of carbonyl (C=O) groups excluding carboxylic acids is 2. The molecule has 0 aromatic rings. The van der Waals surface area contributed by atoms with Crippen LogP contribution in [0.2, 0.25) is 0 Å². The van der Waals surface area contributed by atoms with Crippen molar-refractivity contribution in [3.8, 4) is 0 Å². The van der Waals surface area contributed by atoms with Gasteiger partial charge >= 0.3 is 11.9 Å². The summed E-state index contributed by atoms with van der Waals surface area (Å²) in [6.45, 7) is 4.12. The van der Waals surface area contributed by atoms with E-state index in [1.54, 1.807) is 0 Å². The normalized spacial score (nSPS) is 12.0. The van der Waals surface area contributed by atoms with Crippen LogP contribution in [0, 0.1) is 0 Å². The van der Waals surface area contributed by atoms with Crippen molar-refractivity contribution in [3.63, 3.8) is 0 Å². The predicted octanol–water partition coefficient (Wildman–Crippen LogP) is 9.62. The summed E-state index contributed by atoms with van der Waals surface area (Å²) < 4.78 is 10.5. The third kappa shape index (κ3) is 27.9. The van der Waals surface area contributed by atoms with Crippen molar-refractivity contribution in [2.24, 2.45) is 0 Å². The average molecular weight is 541 g/mol. The predicted molar refractivity (Wildman–Crippen MR) is 159 cm³/mol. The second-order valence-electron chi connectivity index (χ2n) is 11.3. The van der Waals surface area contributed by atoms with Crippen molar-refractivity contribution in [1.82, 2.24) is 0 Å². The monoisotopic (exact) mass is 540 g/mol. The van der Waals surface area contributed by atoms with Gasteiger partial charge in [-0.25, -0.2) is 0 Å². The molecule has 0 unspecified atom stereocenters. The Morgan fingerprint density at radius 1 is 0.500 bits per heavy atom. The van der Waals surface area contributed by atoms with Gasteiger partial charge < -0.3 is 14.6 Å². The van der Waals surface area contributed by atoms with Crippen LogP contribution < -0.4 is 0 Å². The lowest BCUT2D eigenvalue weighted by molar-refractivity contribution is -0.161. The highest BCUT2D eigenvalue weighted by atomic mass is 16.6. The van der Waals surface area contributed by atoms with Crippen molar-refractivity contribution in [2.45, 2.75) is 187 Å². The molecule has 0 heterocycles. The number of rotatable bonds is 30. The van der Waals surface area contributed by atoms with Crippen LogP contribution in [0.3, 0.4) is 0 Å². The number of hydrogen-bond donors (Lipinski definition) is 1. The summed E-state index contributed by atoms with van der Waals surface area (Å²) in [5.41, 5.74) is 0. The van der Waals surface area contributed by atoms with E-state index in [0.29, 0.717) is 12.8 Å². The van der Waals surface area contributed by atoms with E-state index in [1.165, 1.54) is 122 Å². The Morgan fingerprint density at radius 3 is 1.16 bits per heavy atom. The summed E-state index contributed by atoms with van der Waals surface area (Å²) in [4.78, 5) is 24.0. The van der Waals surface area contributed by atoms with E-state index in [-0.39, 0.29) is 25.2 Å². The Labute approximate surface area is 236 Å². The van der Waals surface area contributed by atoms with E-state index in [9.17, 15) is 14.7 Å². The lowest BCUT2D eigenvalue weighted by Gasteiger charge is -2.15. The number of ether oxygens (including phenoxy) is 2. The minimum atomic E-state index is -0.758. The summed E-state index contributed by atoms with van der Waals surface area (Å²) in [6, 6.07) is 0. The zero-order chi connectivity index (χ0) is 27.9. The molecule has 0 aliphatic carbocycles. The smallest absolute Gasteiger partial charge is 0.306 e. The summed E-state index contributed by atoms with van der Waals surface area (Å²) in [7, 11) is 0. The largest absolute Gasteiger partial charge is 0.462 e. The van der Waals surface area contributed by atoms with Gasteiger partial charge in [0.25, 0.3) is 0 Å². The summed E-state index contributed by atoms with van der Waals surface area (Å²) in [6.07, 6.45) is 30.1. The first-order valence-corrected chi connectivity index (χ1v) is 16.6. The van der Waals surface area contributed by atoms with E-state index < -0.39 is 6.10 Å². The Hall–Kier alpha value is -1.10. The number of aliphatic hydroxyl groups excluding tert-OH is 1. The summed E-state index contributed by atoms with van der Waals surface area (Å²) in [5.74, 6) is -0.585. The van der Waals surface area contributed by atoms with Gasteiger partial charge in [0.05, 0.1) is 6.61 Å². The molecule has 0 aliphatic rings. The van der Waals surface area contributed by atoms with Gasteiger partial charge in [0.1, 0.15) is 6.61 Å². The molecule has 0 bridgehead atoms. The molecule has 38 heavy (non-hydrogen) atoms. The zero-order valence-electron chi connectivity index (χ0n) is 25.5. The average Bonchev–Trinajstić information content (AvgIpc) is 2.92. The Balaban J connectivity index is 3.52. The molecule has 0 spiro atoms. The first kappa shape index (κ1) is 36.9. The molecule has 0 aromatic heterocycles. The maximum Gasteiger partial charge on any atom is 0.306 e. The van der Waals surface area contributed by atoms with Crippen molar-refractivity contribution in [2.75, 3.05) is 13.2 Å². The van der Waals surface area contributed by atoms with Crippen LogP contribution in [0.5, 0.6) is 0 Å². The van der Waals surface area contributed by atoms with Gasteiger partial charge in [-0.15, -0.1) is 0 Å². The van der Waals surface area contributed by atoms with E-state index in [1.807, 2.05) is 0 Å². The SMILES string of the molecule is CCCCCCCCCCCCCCCCCC(=O)OC[C@H](CO)OC(=O)CCCCCCCCCCC. The topological polar surface area (TPSA) is 72.8 Å². The molecule has 0 aliphatic heterocycles. The highest BCUT2D eigenvalue weighted by molar-refractivity contribution is 5.70. The third-order valence-electron chi connectivity index (χ3n) is 7.40. The van der Waals surface area contributed by atoms with E-state index in [0.717, 1.165) is 32.1 Å². The minimum absolute atomic E-state index is 0.0580. The number of unbranched alkanes of at least 4 members (excludes halogenated alkanes) is 22. The summed E-state index contributed by atoms with van der Waals surface area (Å²) in [5, 5.41) is 9.47.